The molecule has 3 rings (SSSR count). The van der Waals surface area contributed by atoms with Gasteiger partial charge in [-0.3, -0.25) is 4.79 Å². The first-order valence-corrected chi connectivity index (χ1v) is 6.66. The Morgan fingerprint density at radius 1 is 0.952 bits per heavy atom. The van der Waals surface area contributed by atoms with Gasteiger partial charge in [-0.1, -0.05) is 48.5 Å². The minimum absolute atomic E-state index is 0.449. The van der Waals surface area contributed by atoms with Crippen LogP contribution in [-0.2, 0) is 4.79 Å². The second-order valence-corrected chi connectivity index (χ2v) is 4.75. The molecule has 0 bridgehead atoms. The van der Waals surface area contributed by atoms with Crippen molar-refractivity contribution in [2.75, 3.05) is 0 Å². The third kappa shape index (κ3) is 2.98. The van der Waals surface area contributed by atoms with Gasteiger partial charge in [0.2, 0.25) is 5.91 Å². The Morgan fingerprint density at radius 3 is 2.48 bits per heavy atom. The van der Waals surface area contributed by atoms with Crippen LogP contribution < -0.4 is 5.73 Å². The smallest absolute Gasteiger partial charge is 0.241 e. The van der Waals surface area contributed by atoms with Crippen molar-refractivity contribution in [2.45, 2.75) is 0 Å². The Balaban J connectivity index is 1.93. The van der Waals surface area contributed by atoms with Crippen molar-refractivity contribution in [1.82, 2.24) is 4.98 Å². The third-order valence-electron chi connectivity index (χ3n) is 3.24. The van der Waals surface area contributed by atoms with E-state index in [4.69, 9.17) is 5.73 Å². The first-order valence-electron chi connectivity index (χ1n) is 6.66. The average molecular weight is 274 g/mol. The number of rotatable bonds is 3. The second-order valence-electron chi connectivity index (χ2n) is 4.75. The van der Waals surface area contributed by atoms with Crippen molar-refractivity contribution in [3.05, 3.63) is 72.3 Å². The fraction of sp³-hybridized carbons (Fsp3) is 0. The van der Waals surface area contributed by atoms with Crippen LogP contribution in [0.25, 0.3) is 28.2 Å². The van der Waals surface area contributed by atoms with Gasteiger partial charge in [-0.2, -0.15) is 0 Å². The number of carbonyl (C=O) groups excluding carboxylic acids is 1. The van der Waals surface area contributed by atoms with Gasteiger partial charge in [0.05, 0.1) is 11.2 Å². The number of nitrogens with two attached hydrogens (primary N) is 1. The monoisotopic (exact) mass is 274 g/mol. The summed E-state index contributed by atoms with van der Waals surface area (Å²) in [4.78, 5) is 15.4. The average Bonchev–Trinajstić information content (AvgIpc) is 2.53. The molecule has 0 fully saturated rings. The number of nitrogens with zero attached hydrogens (tertiary/aromatic N) is 1. The maximum absolute atomic E-state index is 10.7. The Morgan fingerprint density at radius 2 is 1.71 bits per heavy atom. The van der Waals surface area contributed by atoms with Crippen LogP contribution in [-0.4, -0.2) is 10.9 Å². The molecule has 0 aliphatic rings. The molecule has 2 N–H and O–H groups in total. The zero-order chi connectivity index (χ0) is 14.7. The second kappa shape index (κ2) is 5.59. The van der Waals surface area contributed by atoms with Crippen LogP contribution in [0.2, 0.25) is 0 Å². The van der Waals surface area contributed by atoms with Gasteiger partial charge in [0.25, 0.3) is 0 Å². The Bertz CT molecular complexity index is 820. The zero-order valence-electron chi connectivity index (χ0n) is 11.4. The Hall–Kier alpha value is -2.94. The van der Waals surface area contributed by atoms with Crippen LogP contribution in [0.15, 0.2) is 66.7 Å². The summed E-state index contributed by atoms with van der Waals surface area (Å²) in [6.45, 7) is 0. The fourth-order valence-electron chi connectivity index (χ4n) is 2.17. The molecule has 0 aliphatic carbocycles. The number of carbonyl (C=O) groups is 1. The third-order valence-corrected chi connectivity index (χ3v) is 3.24. The summed E-state index contributed by atoms with van der Waals surface area (Å²) in [7, 11) is 0. The van der Waals surface area contributed by atoms with Crippen LogP contribution in [0, 0.1) is 0 Å². The quantitative estimate of drug-likeness (QED) is 0.744. The van der Waals surface area contributed by atoms with Crippen molar-refractivity contribution < 1.29 is 4.79 Å². The summed E-state index contributed by atoms with van der Waals surface area (Å²) in [5.41, 5.74) is 8.96. The summed E-state index contributed by atoms with van der Waals surface area (Å²) in [5.74, 6) is -0.449. The van der Waals surface area contributed by atoms with Gasteiger partial charge in [-0.25, -0.2) is 4.98 Å². The van der Waals surface area contributed by atoms with E-state index in [0.717, 1.165) is 27.7 Å². The minimum atomic E-state index is -0.449. The lowest BCUT2D eigenvalue weighted by atomic mass is 10.1. The zero-order valence-corrected chi connectivity index (χ0v) is 11.4. The number of fused-ring (bicyclic) bond motifs is 1. The van der Waals surface area contributed by atoms with Crippen LogP contribution in [0.3, 0.4) is 0 Å². The maximum atomic E-state index is 10.7. The minimum Gasteiger partial charge on any atom is -0.366 e. The van der Waals surface area contributed by atoms with Gasteiger partial charge in [0.1, 0.15) is 0 Å². The van der Waals surface area contributed by atoms with Crippen LogP contribution in [0.4, 0.5) is 0 Å². The van der Waals surface area contributed by atoms with Crippen molar-refractivity contribution >= 4 is 22.9 Å². The molecule has 0 atom stereocenters. The van der Waals surface area contributed by atoms with Gasteiger partial charge in [-0.05, 0) is 23.8 Å². The highest BCUT2D eigenvalue weighted by molar-refractivity contribution is 5.90. The largest absolute Gasteiger partial charge is 0.366 e. The van der Waals surface area contributed by atoms with Crippen molar-refractivity contribution in [2.24, 2.45) is 5.73 Å². The van der Waals surface area contributed by atoms with E-state index in [9.17, 15) is 4.79 Å². The van der Waals surface area contributed by atoms with Crippen molar-refractivity contribution in [3.63, 3.8) is 0 Å². The normalized spacial score (nSPS) is 11.0. The predicted molar refractivity (Wildman–Crippen MR) is 85.4 cm³/mol. The number of hydrogen-bond acceptors (Lipinski definition) is 2. The number of amides is 1. The van der Waals surface area contributed by atoms with Gasteiger partial charge in [-0.15, -0.1) is 0 Å². The van der Waals surface area contributed by atoms with Gasteiger partial charge < -0.3 is 5.73 Å². The number of benzene rings is 2. The van der Waals surface area contributed by atoms with E-state index in [1.54, 1.807) is 6.08 Å². The molecule has 1 heterocycles. The summed E-state index contributed by atoms with van der Waals surface area (Å²) in [6.07, 6.45) is 3.04. The number of pyridine rings is 1. The summed E-state index contributed by atoms with van der Waals surface area (Å²) in [5, 5.41) is 1.13. The van der Waals surface area contributed by atoms with Crippen molar-refractivity contribution in [1.29, 1.82) is 0 Å². The lowest BCUT2D eigenvalue weighted by molar-refractivity contribution is -0.113. The molecule has 0 saturated heterocycles. The summed E-state index contributed by atoms with van der Waals surface area (Å²) < 4.78 is 0. The molecule has 0 aliphatic heterocycles. The van der Waals surface area contributed by atoms with E-state index in [-0.39, 0.29) is 0 Å². The number of hydrogen-bond donors (Lipinski definition) is 1. The fourth-order valence-corrected chi connectivity index (χ4v) is 2.17. The molecule has 102 valence electrons. The predicted octanol–water partition coefficient (Wildman–Crippen LogP) is 3.40. The molecule has 0 spiro atoms. The molecule has 0 unspecified atom stereocenters. The molecular formula is C18H14N2O. The SMILES string of the molecule is NC(=O)C=Cc1ccc(-c2ccc3ccccc3n2)cc1. The van der Waals surface area contributed by atoms with Gasteiger partial charge in [0, 0.05) is 17.0 Å². The lowest BCUT2D eigenvalue weighted by Gasteiger charge is -2.03. The molecule has 3 aromatic rings. The number of para-hydroxylation sites is 1. The van der Waals surface area contributed by atoms with Crippen LogP contribution in [0.1, 0.15) is 5.56 Å². The van der Waals surface area contributed by atoms with Crippen molar-refractivity contribution in [3.8, 4) is 11.3 Å². The Labute approximate surface area is 122 Å². The molecule has 2 aromatic carbocycles. The van der Waals surface area contributed by atoms with E-state index in [0.29, 0.717) is 0 Å². The highest BCUT2D eigenvalue weighted by atomic mass is 16.1. The summed E-state index contributed by atoms with van der Waals surface area (Å²) >= 11 is 0. The molecule has 21 heavy (non-hydrogen) atoms. The van der Waals surface area contributed by atoms with E-state index in [1.165, 1.54) is 6.08 Å². The van der Waals surface area contributed by atoms with Gasteiger partial charge >= 0.3 is 0 Å². The first-order chi connectivity index (χ1) is 10.2. The molecule has 1 aromatic heterocycles. The molecule has 0 radical (unpaired) electrons. The topological polar surface area (TPSA) is 56.0 Å². The van der Waals surface area contributed by atoms with E-state index in [2.05, 4.69) is 11.1 Å². The van der Waals surface area contributed by atoms with E-state index < -0.39 is 5.91 Å². The number of aromatic nitrogens is 1. The lowest BCUT2D eigenvalue weighted by Crippen LogP contribution is -2.04. The van der Waals surface area contributed by atoms with E-state index in [1.807, 2.05) is 54.6 Å². The van der Waals surface area contributed by atoms with E-state index >= 15 is 0 Å². The molecule has 3 heteroatoms. The molecule has 3 nitrogen and oxygen atoms in total. The number of primary amides is 1. The molecular weight excluding hydrogens is 260 g/mol. The summed E-state index contributed by atoms with van der Waals surface area (Å²) in [6, 6.07) is 20.0. The molecule has 0 saturated carbocycles. The van der Waals surface area contributed by atoms with Crippen LogP contribution in [0.5, 0.6) is 0 Å². The highest BCUT2D eigenvalue weighted by Crippen LogP contribution is 2.21. The highest BCUT2D eigenvalue weighted by Gasteiger charge is 2.01. The Kier molecular flexibility index (Phi) is 3.48. The standard InChI is InChI=1S/C18H14N2O/c19-18(21)12-7-13-5-8-15(9-6-13)17-11-10-14-3-1-2-4-16(14)20-17/h1-12H,(H2,19,21). The first kappa shape index (κ1) is 13.1. The molecule has 1 amide bonds. The van der Waals surface area contributed by atoms with Gasteiger partial charge in [0.15, 0.2) is 0 Å². The van der Waals surface area contributed by atoms with Crippen LogP contribution >= 0.6 is 0 Å². The maximum Gasteiger partial charge on any atom is 0.241 e.